The molecule has 2 N–H and O–H groups in total. The minimum absolute atomic E-state index is 0.0647. The Morgan fingerprint density at radius 2 is 1.50 bits per heavy atom. The van der Waals surface area contributed by atoms with Gasteiger partial charge in [0.1, 0.15) is 0 Å². The van der Waals surface area contributed by atoms with Crippen molar-refractivity contribution in [2.75, 3.05) is 19.8 Å². The van der Waals surface area contributed by atoms with E-state index in [-0.39, 0.29) is 49.8 Å². The maximum atomic E-state index is 11.9. The van der Waals surface area contributed by atoms with Crippen LogP contribution < -0.4 is 0 Å². The molecule has 0 spiro atoms. The molecule has 1 atom stereocenters. The van der Waals surface area contributed by atoms with Gasteiger partial charge in [-0.1, -0.05) is 6.92 Å². The summed E-state index contributed by atoms with van der Waals surface area (Å²) >= 11 is 0. The zero-order chi connectivity index (χ0) is 14.3. The van der Waals surface area contributed by atoms with Gasteiger partial charge in [-0.2, -0.15) is 0 Å². The van der Waals surface area contributed by atoms with Gasteiger partial charge in [0.2, 0.25) is 0 Å². The third kappa shape index (κ3) is 5.23. The van der Waals surface area contributed by atoms with Crippen LogP contribution in [0, 0.1) is 11.8 Å². The van der Waals surface area contributed by atoms with E-state index >= 15 is 0 Å². The average molecular weight is 261 g/mol. The van der Waals surface area contributed by atoms with Crippen molar-refractivity contribution >= 4 is 6.09 Å². The first-order valence-electron chi connectivity index (χ1n) is 6.51. The van der Waals surface area contributed by atoms with Crippen molar-refractivity contribution in [1.29, 1.82) is 0 Å². The molecule has 0 aliphatic carbocycles. The molecule has 1 unspecified atom stereocenters. The number of rotatable bonds is 7. The molecule has 0 aliphatic rings. The van der Waals surface area contributed by atoms with Crippen LogP contribution in [0.5, 0.6) is 0 Å². The predicted molar refractivity (Wildman–Crippen MR) is 70.3 cm³/mol. The minimum atomic E-state index is -0.346. The summed E-state index contributed by atoms with van der Waals surface area (Å²) in [6, 6.07) is 0.165. The van der Waals surface area contributed by atoms with Crippen LogP contribution in [-0.2, 0) is 4.74 Å². The molecule has 5 heteroatoms. The van der Waals surface area contributed by atoms with Crippen LogP contribution in [0.4, 0.5) is 4.79 Å². The molecule has 1 amide bonds. The molecule has 0 bridgehead atoms. The zero-order valence-corrected chi connectivity index (χ0v) is 12.1. The molecule has 0 aromatic carbocycles. The Balaban J connectivity index is 4.31. The van der Waals surface area contributed by atoms with Crippen LogP contribution >= 0.6 is 0 Å². The van der Waals surface area contributed by atoms with Gasteiger partial charge in [0.25, 0.3) is 0 Å². The Bertz CT molecular complexity index is 231. The molecule has 5 nitrogen and oxygen atoms in total. The maximum absolute atomic E-state index is 11.9. The van der Waals surface area contributed by atoms with Crippen molar-refractivity contribution in [1.82, 2.24) is 4.90 Å². The summed E-state index contributed by atoms with van der Waals surface area (Å²) in [4.78, 5) is 13.6. The lowest BCUT2D eigenvalue weighted by molar-refractivity contribution is 0.0403. The summed E-state index contributed by atoms with van der Waals surface area (Å²) in [5.41, 5.74) is 0. The highest BCUT2D eigenvalue weighted by atomic mass is 16.6. The molecule has 108 valence electrons. The van der Waals surface area contributed by atoms with Crippen molar-refractivity contribution < 1.29 is 19.7 Å². The monoisotopic (exact) mass is 261 g/mol. The number of hydrogen-bond acceptors (Lipinski definition) is 4. The number of amides is 1. The van der Waals surface area contributed by atoms with Crippen LogP contribution in [0.3, 0.4) is 0 Å². The molecular weight excluding hydrogens is 234 g/mol. The molecule has 0 fully saturated rings. The highest BCUT2D eigenvalue weighted by molar-refractivity contribution is 5.68. The van der Waals surface area contributed by atoms with Gasteiger partial charge in [0, 0.05) is 31.2 Å². The largest absolute Gasteiger partial charge is 0.449 e. The number of carbonyl (C=O) groups is 1. The van der Waals surface area contributed by atoms with Gasteiger partial charge in [-0.05, 0) is 33.6 Å². The van der Waals surface area contributed by atoms with Crippen molar-refractivity contribution in [2.45, 2.75) is 46.7 Å². The molecule has 0 rings (SSSR count). The van der Waals surface area contributed by atoms with Crippen LogP contribution in [0.2, 0.25) is 0 Å². The summed E-state index contributed by atoms with van der Waals surface area (Å²) in [5.74, 6) is -0.311. The Kier molecular flexibility index (Phi) is 7.95. The second kappa shape index (κ2) is 8.32. The molecule has 18 heavy (non-hydrogen) atoms. The van der Waals surface area contributed by atoms with Crippen LogP contribution in [-0.4, -0.2) is 53.1 Å². The van der Waals surface area contributed by atoms with E-state index in [0.717, 1.165) is 0 Å². The smallest absolute Gasteiger partial charge is 0.410 e. The van der Waals surface area contributed by atoms with Gasteiger partial charge in [-0.25, -0.2) is 4.79 Å². The van der Waals surface area contributed by atoms with E-state index in [0.29, 0.717) is 0 Å². The van der Waals surface area contributed by atoms with Crippen molar-refractivity contribution in [2.24, 2.45) is 11.8 Å². The summed E-state index contributed by atoms with van der Waals surface area (Å²) in [6.45, 7) is 9.61. The van der Waals surface area contributed by atoms with E-state index < -0.39 is 0 Å². The van der Waals surface area contributed by atoms with Gasteiger partial charge in [-0.15, -0.1) is 0 Å². The molecule has 0 aliphatic heterocycles. The topological polar surface area (TPSA) is 70.0 Å². The lowest BCUT2D eigenvalue weighted by atomic mass is 9.97. The number of carbonyl (C=O) groups excluding carboxylic acids is 1. The molecule has 0 saturated heterocycles. The first kappa shape index (κ1) is 17.2. The van der Waals surface area contributed by atoms with Crippen molar-refractivity contribution in [3.63, 3.8) is 0 Å². The van der Waals surface area contributed by atoms with E-state index in [1.54, 1.807) is 4.90 Å². The second-order valence-corrected chi connectivity index (χ2v) is 5.27. The fourth-order valence-corrected chi connectivity index (χ4v) is 1.85. The highest BCUT2D eigenvalue weighted by Crippen LogP contribution is 2.13. The third-order valence-electron chi connectivity index (χ3n) is 3.07. The van der Waals surface area contributed by atoms with Crippen LogP contribution in [0.25, 0.3) is 0 Å². The summed E-state index contributed by atoms with van der Waals surface area (Å²) < 4.78 is 5.24. The average Bonchev–Trinajstić information content (AvgIpc) is 2.27. The summed E-state index contributed by atoms with van der Waals surface area (Å²) in [6.07, 6.45) is -0.346. The quantitative estimate of drug-likeness (QED) is 0.728. The Morgan fingerprint density at radius 1 is 1.06 bits per heavy atom. The molecule has 0 aromatic heterocycles. The predicted octanol–water partition coefficient (Wildman–Crippen LogP) is 1.48. The fraction of sp³-hybridized carbons (Fsp3) is 0.923. The summed E-state index contributed by atoms with van der Waals surface area (Å²) in [7, 11) is 0. The third-order valence-corrected chi connectivity index (χ3v) is 3.07. The van der Waals surface area contributed by atoms with E-state index in [1.165, 1.54) is 0 Å². The van der Waals surface area contributed by atoms with Gasteiger partial charge < -0.3 is 19.8 Å². The molecular formula is C13H27NO4. The Hall–Kier alpha value is -0.810. The number of aliphatic hydroxyl groups excluding tert-OH is 2. The molecule has 0 heterocycles. The van der Waals surface area contributed by atoms with E-state index in [2.05, 4.69) is 0 Å². The van der Waals surface area contributed by atoms with E-state index in [9.17, 15) is 4.79 Å². The maximum Gasteiger partial charge on any atom is 0.410 e. The lowest BCUT2D eigenvalue weighted by Gasteiger charge is -2.30. The normalized spacial score (nSPS) is 13.2. The Morgan fingerprint density at radius 3 is 1.83 bits per heavy atom. The van der Waals surface area contributed by atoms with E-state index in [1.807, 2.05) is 34.6 Å². The SMILES string of the molecule is CC(COC(=O)N(C(C)C)C(C)C)C(CO)CO. The lowest BCUT2D eigenvalue weighted by Crippen LogP contribution is -2.43. The van der Waals surface area contributed by atoms with Gasteiger partial charge in [0.15, 0.2) is 0 Å². The second-order valence-electron chi connectivity index (χ2n) is 5.27. The van der Waals surface area contributed by atoms with Gasteiger partial charge in [0.05, 0.1) is 6.61 Å². The minimum Gasteiger partial charge on any atom is -0.449 e. The van der Waals surface area contributed by atoms with E-state index in [4.69, 9.17) is 14.9 Å². The fourth-order valence-electron chi connectivity index (χ4n) is 1.85. The number of hydrogen-bond donors (Lipinski definition) is 2. The van der Waals surface area contributed by atoms with Crippen molar-refractivity contribution in [3.05, 3.63) is 0 Å². The molecule has 0 aromatic rings. The number of ether oxygens (including phenoxy) is 1. The summed E-state index contributed by atoms with van der Waals surface area (Å²) in [5, 5.41) is 18.1. The first-order valence-corrected chi connectivity index (χ1v) is 6.51. The standard InChI is InChI=1S/C13H27NO4/c1-9(2)14(10(3)4)13(17)18-8-11(5)12(6-15)7-16/h9-12,15-16H,6-8H2,1-5H3. The van der Waals surface area contributed by atoms with Crippen molar-refractivity contribution in [3.8, 4) is 0 Å². The first-order chi connectivity index (χ1) is 8.34. The number of aliphatic hydroxyl groups is 2. The zero-order valence-electron chi connectivity index (χ0n) is 12.1. The van der Waals surface area contributed by atoms with Gasteiger partial charge in [-0.3, -0.25) is 0 Å². The Labute approximate surface area is 110 Å². The molecule has 0 saturated carbocycles. The van der Waals surface area contributed by atoms with Crippen LogP contribution in [0.1, 0.15) is 34.6 Å². The number of nitrogens with zero attached hydrogens (tertiary/aromatic N) is 1. The molecule has 0 radical (unpaired) electrons. The van der Waals surface area contributed by atoms with Crippen LogP contribution in [0.15, 0.2) is 0 Å². The highest BCUT2D eigenvalue weighted by Gasteiger charge is 2.23. The van der Waals surface area contributed by atoms with Gasteiger partial charge >= 0.3 is 6.09 Å².